The molecule has 0 rings (SSSR count). The molecular formula is C8H17NO2. The van der Waals surface area contributed by atoms with E-state index in [2.05, 4.69) is 5.32 Å². The molecule has 1 unspecified atom stereocenters. The quantitative estimate of drug-likeness (QED) is 0.619. The second-order valence-corrected chi connectivity index (χ2v) is 2.10. The number of hydrogen-bond donors (Lipinski definition) is 1. The maximum atomic E-state index is 10.5. The Hall–Kier alpha value is -0.700. The van der Waals surface area contributed by atoms with Gasteiger partial charge in [-0.05, 0) is 27.3 Å². The fourth-order valence-corrected chi connectivity index (χ4v) is 0.695. The molecule has 0 aromatic carbocycles. The summed E-state index contributed by atoms with van der Waals surface area (Å²) >= 11 is 0. The summed E-state index contributed by atoms with van der Waals surface area (Å²) in [6.45, 7) is 5.03. The van der Waals surface area contributed by atoms with E-state index < -0.39 is 0 Å². The highest BCUT2D eigenvalue weighted by atomic mass is 16.1. The third-order valence-electron chi connectivity index (χ3n) is 1.25. The first-order valence-electron chi connectivity index (χ1n) is 3.71. The molecule has 0 saturated carbocycles. The van der Waals surface area contributed by atoms with Gasteiger partial charge >= 0.3 is 0 Å². The van der Waals surface area contributed by atoms with Crippen LogP contribution in [-0.2, 0) is 9.59 Å². The standard InChI is InChI=1S/C6H13NO.C2H4O/c1-4-6(7-3)5(2)8;1-2-3/h6-7H,4H2,1-3H3;2H,1H3. The summed E-state index contributed by atoms with van der Waals surface area (Å²) in [4.78, 5) is 19.3. The number of aldehydes is 1. The number of ketones is 1. The normalized spacial score (nSPS) is 10.9. The number of carbonyl (C=O) groups is 2. The Morgan fingerprint density at radius 3 is 2.00 bits per heavy atom. The number of hydrogen-bond acceptors (Lipinski definition) is 3. The zero-order valence-corrected chi connectivity index (χ0v) is 7.68. The highest BCUT2D eigenvalue weighted by Crippen LogP contribution is 1.88. The van der Waals surface area contributed by atoms with Crippen molar-refractivity contribution in [3.05, 3.63) is 0 Å². The van der Waals surface area contributed by atoms with E-state index in [0.29, 0.717) is 0 Å². The summed E-state index contributed by atoms with van der Waals surface area (Å²) in [5, 5.41) is 2.90. The zero-order valence-electron chi connectivity index (χ0n) is 7.68. The average molecular weight is 159 g/mol. The molecule has 0 bridgehead atoms. The summed E-state index contributed by atoms with van der Waals surface area (Å²) in [5.41, 5.74) is 0. The van der Waals surface area contributed by atoms with Crippen LogP contribution in [0.15, 0.2) is 0 Å². The maximum absolute atomic E-state index is 10.5. The predicted octanol–water partition coefficient (Wildman–Crippen LogP) is 0.779. The van der Waals surface area contributed by atoms with Crippen molar-refractivity contribution in [2.75, 3.05) is 7.05 Å². The lowest BCUT2D eigenvalue weighted by Crippen LogP contribution is -2.31. The molecule has 1 atom stereocenters. The van der Waals surface area contributed by atoms with Gasteiger partial charge in [-0.15, -0.1) is 0 Å². The fraction of sp³-hybridized carbons (Fsp3) is 0.750. The molecule has 66 valence electrons. The second-order valence-electron chi connectivity index (χ2n) is 2.10. The molecule has 3 nitrogen and oxygen atoms in total. The van der Waals surface area contributed by atoms with Crippen LogP contribution in [0, 0.1) is 0 Å². The molecule has 0 aliphatic carbocycles. The number of rotatable bonds is 3. The van der Waals surface area contributed by atoms with Crippen molar-refractivity contribution in [1.82, 2.24) is 5.32 Å². The minimum atomic E-state index is 0.0648. The summed E-state index contributed by atoms with van der Waals surface area (Å²) < 4.78 is 0. The summed E-state index contributed by atoms with van der Waals surface area (Å²) in [6, 6.07) is 0.0648. The Bertz CT molecular complexity index is 109. The topological polar surface area (TPSA) is 46.2 Å². The average Bonchev–Trinajstić information content (AvgIpc) is 1.91. The Labute approximate surface area is 68.2 Å². The van der Waals surface area contributed by atoms with Gasteiger partial charge in [-0.3, -0.25) is 4.79 Å². The lowest BCUT2D eigenvalue weighted by molar-refractivity contribution is -0.118. The molecule has 0 radical (unpaired) electrons. The van der Waals surface area contributed by atoms with Gasteiger partial charge in [0.2, 0.25) is 0 Å². The van der Waals surface area contributed by atoms with Crippen molar-refractivity contribution in [2.24, 2.45) is 0 Å². The van der Waals surface area contributed by atoms with E-state index in [0.717, 1.165) is 12.7 Å². The molecule has 0 heterocycles. The van der Waals surface area contributed by atoms with Crippen LogP contribution in [0.2, 0.25) is 0 Å². The summed E-state index contributed by atoms with van der Waals surface area (Å²) in [7, 11) is 1.80. The minimum Gasteiger partial charge on any atom is -0.311 e. The lowest BCUT2D eigenvalue weighted by Gasteiger charge is -2.07. The molecule has 0 aliphatic heterocycles. The predicted molar refractivity (Wildman–Crippen MR) is 45.6 cm³/mol. The first kappa shape index (κ1) is 12.9. The molecule has 0 fully saturated rings. The first-order chi connectivity index (χ1) is 5.13. The Balaban J connectivity index is 0. The van der Waals surface area contributed by atoms with Gasteiger partial charge in [0.15, 0.2) is 0 Å². The van der Waals surface area contributed by atoms with Crippen LogP contribution in [0.5, 0.6) is 0 Å². The van der Waals surface area contributed by atoms with Crippen LogP contribution in [0.1, 0.15) is 27.2 Å². The molecule has 11 heavy (non-hydrogen) atoms. The first-order valence-corrected chi connectivity index (χ1v) is 3.71. The van der Waals surface area contributed by atoms with Crippen molar-refractivity contribution < 1.29 is 9.59 Å². The summed E-state index contributed by atoms with van der Waals surface area (Å²) in [6.07, 6.45) is 1.63. The number of carbonyl (C=O) groups excluding carboxylic acids is 2. The van der Waals surface area contributed by atoms with Crippen LogP contribution in [0.3, 0.4) is 0 Å². The molecule has 0 aromatic rings. The molecule has 0 amide bonds. The number of Topliss-reactive ketones (excluding diaryl/α,β-unsaturated/α-hetero) is 1. The van der Waals surface area contributed by atoms with Gasteiger partial charge in [-0.2, -0.15) is 0 Å². The van der Waals surface area contributed by atoms with Crippen molar-refractivity contribution in [3.8, 4) is 0 Å². The number of likely N-dealkylation sites (N-methyl/N-ethyl adjacent to an activating group) is 1. The molecule has 0 aromatic heterocycles. The van der Waals surface area contributed by atoms with E-state index in [1.165, 1.54) is 6.92 Å². The van der Waals surface area contributed by atoms with Gasteiger partial charge in [0, 0.05) is 0 Å². The molecule has 0 saturated heterocycles. The third-order valence-corrected chi connectivity index (χ3v) is 1.25. The Morgan fingerprint density at radius 1 is 1.64 bits per heavy atom. The SMILES string of the molecule is CC=O.CCC(NC)C(C)=O. The van der Waals surface area contributed by atoms with Crippen LogP contribution < -0.4 is 5.32 Å². The zero-order chi connectivity index (χ0) is 9.28. The van der Waals surface area contributed by atoms with E-state index in [1.54, 1.807) is 14.0 Å². The van der Waals surface area contributed by atoms with E-state index in [4.69, 9.17) is 4.79 Å². The van der Waals surface area contributed by atoms with E-state index in [9.17, 15) is 4.79 Å². The highest BCUT2D eigenvalue weighted by molar-refractivity contribution is 5.81. The summed E-state index contributed by atoms with van der Waals surface area (Å²) in [5.74, 6) is 0.218. The van der Waals surface area contributed by atoms with Crippen molar-refractivity contribution in [2.45, 2.75) is 33.2 Å². The van der Waals surface area contributed by atoms with Gasteiger partial charge in [0.1, 0.15) is 12.1 Å². The van der Waals surface area contributed by atoms with Crippen molar-refractivity contribution in [3.63, 3.8) is 0 Å². The Morgan fingerprint density at radius 2 is 2.00 bits per heavy atom. The highest BCUT2D eigenvalue weighted by Gasteiger charge is 2.05. The smallest absolute Gasteiger partial charge is 0.146 e. The molecule has 0 aliphatic rings. The van der Waals surface area contributed by atoms with Crippen LogP contribution in [0.4, 0.5) is 0 Å². The van der Waals surface area contributed by atoms with Gasteiger partial charge in [0.05, 0.1) is 6.04 Å². The minimum absolute atomic E-state index is 0.0648. The van der Waals surface area contributed by atoms with E-state index >= 15 is 0 Å². The van der Waals surface area contributed by atoms with Gasteiger partial charge in [-0.1, -0.05) is 6.92 Å². The van der Waals surface area contributed by atoms with Crippen LogP contribution in [-0.4, -0.2) is 25.2 Å². The lowest BCUT2D eigenvalue weighted by atomic mass is 10.1. The molecule has 1 N–H and O–H groups in total. The molecule has 0 spiro atoms. The Kier molecular flexibility index (Phi) is 10.9. The number of nitrogens with one attached hydrogen (secondary N) is 1. The largest absolute Gasteiger partial charge is 0.311 e. The second kappa shape index (κ2) is 9.30. The van der Waals surface area contributed by atoms with Gasteiger partial charge < -0.3 is 10.1 Å². The molecular weight excluding hydrogens is 142 g/mol. The van der Waals surface area contributed by atoms with Gasteiger partial charge in [0.25, 0.3) is 0 Å². The molecule has 3 heteroatoms. The monoisotopic (exact) mass is 159 g/mol. The van der Waals surface area contributed by atoms with Crippen molar-refractivity contribution >= 4 is 12.1 Å². The van der Waals surface area contributed by atoms with E-state index in [-0.39, 0.29) is 11.8 Å². The fourth-order valence-electron chi connectivity index (χ4n) is 0.695. The van der Waals surface area contributed by atoms with Crippen molar-refractivity contribution in [1.29, 1.82) is 0 Å². The third kappa shape index (κ3) is 9.30. The van der Waals surface area contributed by atoms with E-state index in [1.807, 2.05) is 6.92 Å². The maximum Gasteiger partial charge on any atom is 0.146 e. The van der Waals surface area contributed by atoms with Crippen LogP contribution in [0.25, 0.3) is 0 Å². The van der Waals surface area contributed by atoms with Crippen LogP contribution >= 0.6 is 0 Å². The van der Waals surface area contributed by atoms with Gasteiger partial charge in [-0.25, -0.2) is 0 Å².